The molecule has 0 radical (unpaired) electrons. The number of rotatable bonds is 2. The van der Waals surface area contributed by atoms with Crippen molar-refractivity contribution in [1.82, 2.24) is 15.5 Å². The largest absolute Gasteiger partial charge is 0.351 e. The molecule has 2 heterocycles. The molecule has 2 aliphatic heterocycles. The number of carbonyl (C=O) groups is 2. The monoisotopic (exact) mass is 347 g/mol. The Morgan fingerprint density at radius 2 is 1.96 bits per heavy atom. The average Bonchev–Trinajstić information content (AvgIpc) is 2.96. The second-order valence-corrected chi connectivity index (χ2v) is 9.56. The zero-order valence-electron chi connectivity index (χ0n) is 16.3. The normalized spacial score (nSPS) is 31.2. The fraction of sp³-hybridized carbons (Fsp3) is 0.800. The van der Waals surface area contributed by atoms with Crippen LogP contribution in [0.2, 0.25) is 0 Å². The van der Waals surface area contributed by atoms with Crippen molar-refractivity contribution in [3.8, 4) is 0 Å². The number of allylic oxidation sites excluding steroid dienone is 2. The van der Waals surface area contributed by atoms with E-state index < -0.39 is 0 Å². The molecule has 0 saturated carbocycles. The predicted molar refractivity (Wildman–Crippen MR) is 99.1 cm³/mol. The lowest BCUT2D eigenvalue weighted by Gasteiger charge is -2.58. The quantitative estimate of drug-likeness (QED) is 0.754. The van der Waals surface area contributed by atoms with Crippen molar-refractivity contribution >= 4 is 11.9 Å². The minimum absolute atomic E-state index is 0.00346. The number of carbonyl (C=O) groups excluding carboxylic acids is 2. The number of likely N-dealkylation sites (tertiary alicyclic amines) is 1. The van der Waals surface area contributed by atoms with Gasteiger partial charge in [-0.3, -0.25) is 4.79 Å². The second-order valence-electron chi connectivity index (χ2n) is 9.56. The molecule has 140 valence electrons. The molecule has 1 unspecified atom stereocenters. The van der Waals surface area contributed by atoms with Gasteiger partial charge < -0.3 is 15.5 Å². The van der Waals surface area contributed by atoms with Crippen LogP contribution in [-0.2, 0) is 4.79 Å². The maximum absolute atomic E-state index is 13.0. The molecule has 0 aromatic carbocycles. The average molecular weight is 348 g/mol. The molecular weight excluding hydrogens is 314 g/mol. The summed E-state index contributed by atoms with van der Waals surface area (Å²) in [6, 6.07) is 0.301. The van der Waals surface area contributed by atoms with Crippen LogP contribution in [0.1, 0.15) is 60.3 Å². The van der Waals surface area contributed by atoms with Gasteiger partial charge in [-0.1, -0.05) is 46.8 Å². The van der Waals surface area contributed by atoms with Crippen molar-refractivity contribution in [2.45, 2.75) is 78.4 Å². The van der Waals surface area contributed by atoms with Gasteiger partial charge in [0.15, 0.2) is 0 Å². The zero-order valence-corrected chi connectivity index (χ0v) is 16.3. The van der Waals surface area contributed by atoms with Crippen LogP contribution >= 0.6 is 0 Å². The van der Waals surface area contributed by atoms with Crippen LogP contribution in [0.5, 0.6) is 0 Å². The molecule has 2 fully saturated rings. The third-order valence-electron chi connectivity index (χ3n) is 6.20. The van der Waals surface area contributed by atoms with Crippen LogP contribution in [0.4, 0.5) is 4.79 Å². The first-order valence-corrected chi connectivity index (χ1v) is 9.65. The highest BCUT2D eigenvalue weighted by atomic mass is 16.2. The maximum atomic E-state index is 13.0. The second kappa shape index (κ2) is 6.33. The molecule has 1 aliphatic carbocycles. The van der Waals surface area contributed by atoms with E-state index in [2.05, 4.69) is 57.4 Å². The van der Waals surface area contributed by atoms with E-state index in [4.69, 9.17) is 0 Å². The number of piperidine rings is 1. The lowest BCUT2D eigenvalue weighted by molar-refractivity contribution is -0.125. The van der Waals surface area contributed by atoms with E-state index >= 15 is 0 Å². The lowest BCUT2D eigenvalue weighted by atomic mass is 9.65. The van der Waals surface area contributed by atoms with Crippen molar-refractivity contribution in [2.75, 3.05) is 6.54 Å². The fourth-order valence-electron chi connectivity index (χ4n) is 5.12. The Balaban J connectivity index is 1.68. The van der Waals surface area contributed by atoms with E-state index in [0.717, 1.165) is 19.4 Å². The van der Waals surface area contributed by atoms with E-state index in [9.17, 15) is 9.59 Å². The number of nitrogens with zero attached hydrogens (tertiary/aromatic N) is 1. The van der Waals surface area contributed by atoms with Crippen molar-refractivity contribution in [3.63, 3.8) is 0 Å². The lowest BCUT2D eigenvalue weighted by Crippen LogP contribution is -2.71. The number of urea groups is 1. The summed E-state index contributed by atoms with van der Waals surface area (Å²) in [6.07, 6.45) is 7.90. The van der Waals surface area contributed by atoms with Gasteiger partial charge in [-0.2, -0.15) is 0 Å². The van der Waals surface area contributed by atoms with E-state index in [0.29, 0.717) is 24.8 Å². The Morgan fingerprint density at radius 1 is 1.32 bits per heavy atom. The zero-order chi connectivity index (χ0) is 18.4. The van der Waals surface area contributed by atoms with Crippen LogP contribution < -0.4 is 10.6 Å². The van der Waals surface area contributed by atoms with Gasteiger partial charge in [-0.25, -0.2) is 4.79 Å². The summed E-state index contributed by atoms with van der Waals surface area (Å²) in [5.41, 5.74) is 0.173. The highest BCUT2D eigenvalue weighted by Gasteiger charge is 2.55. The maximum Gasteiger partial charge on any atom is 0.317 e. The molecule has 3 atom stereocenters. The van der Waals surface area contributed by atoms with Crippen LogP contribution in [-0.4, -0.2) is 41.5 Å². The topological polar surface area (TPSA) is 61.4 Å². The summed E-state index contributed by atoms with van der Waals surface area (Å²) >= 11 is 0. The number of hydrogen-bond donors (Lipinski definition) is 2. The molecule has 1 spiro atoms. The first kappa shape index (κ1) is 18.3. The van der Waals surface area contributed by atoms with E-state index in [-0.39, 0.29) is 34.9 Å². The molecule has 0 bridgehead atoms. The van der Waals surface area contributed by atoms with E-state index in [1.165, 1.54) is 0 Å². The number of hydrogen-bond acceptors (Lipinski definition) is 2. The summed E-state index contributed by atoms with van der Waals surface area (Å²) < 4.78 is 0. The Labute approximate surface area is 151 Å². The molecule has 0 aromatic rings. The highest BCUT2D eigenvalue weighted by Crippen LogP contribution is 2.50. The predicted octanol–water partition coefficient (Wildman–Crippen LogP) is 3.07. The van der Waals surface area contributed by atoms with Gasteiger partial charge in [-0.05, 0) is 30.6 Å². The minimum atomic E-state index is -0.0863. The van der Waals surface area contributed by atoms with E-state index in [1.54, 1.807) is 0 Å². The Bertz CT molecular complexity index is 568. The van der Waals surface area contributed by atoms with Gasteiger partial charge in [0.25, 0.3) is 0 Å². The number of amides is 3. The summed E-state index contributed by atoms with van der Waals surface area (Å²) in [4.78, 5) is 26.8. The van der Waals surface area contributed by atoms with Crippen molar-refractivity contribution in [2.24, 2.45) is 16.7 Å². The van der Waals surface area contributed by atoms with E-state index in [1.807, 2.05) is 4.90 Å². The molecule has 3 amide bonds. The van der Waals surface area contributed by atoms with Gasteiger partial charge in [0.1, 0.15) is 0 Å². The van der Waals surface area contributed by atoms with Gasteiger partial charge >= 0.3 is 6.03 Å². The van der Waals surface area contributed by atoms with Crippen molar-refractivity contribution in [1.29, 1.82) is 0 Å². The van der Waals surface area contributed by atoms with Gasteiger partial charge in [0.2, 0.25) is 5.91 Å². The first-order chi connectivity index (χ1) is 11.6. The first-order valence-electron chi connectivity index (χ1n) is 9.65. The molecule has 5 nitrogen and oxygen atoms in total. The third-order valence-corrected chi connectivity index (χ3v) is 6.20. The summed E-state index contributed by atoms with van der Waals surface area (Å²) in [5, 5.41) is 6.33. The van der Waals surface area contributed by atoms with Crippen molar-refractivity contribution < 1.29 is 9.59 Å². The Hall–Kier alpha value is -1.52. The summed E-state index contributed by atoms with van der Waals surface area (Å²) in [5.74, 6) is 0.536. The van der Waals surface area contributed by atoms with Crippen LogP contribution in [0.25, 0.3) is 0 Å². The highest BCUT2D eigenvalue weighted by molar-refractivity contribution is 5.79. The molecule has 3 aliphatic rings. The Kier molecular flexibility index (Phi) is 4.63. The fourth-order valence-corrected chi connectivity index (χ4v) is 5.12. The minimum Gasteiger partial charge on any atom is -0.351 e. The smallest absolute Gasteiger partial charge is 0.317 e. The Morgan fingerprint density at radius 3 is 2.52 bits per heavy atom. The van der Waals surface area contributed by atoms with Gasteiger partial charge in [0.05, 0.1) is 12.1 Å². The molecule has 25 heavy (non-hydrogen) atoms. The number of nitrogens with one attached hydrogen (secondary N) is 2. The summed E-state index contributed by atoms with van der Waals surface area (Å²) in [7, 11) is 0. The molecule has 2 saturated heterocycles. The van der Waals surface area contributed by atoms with Gasteiger partial charge in [-0.15, -0.1) is 0 Å². The van der Waals surface area contributed by atoms with Crippen LogP contribution in [0, 0.1) is 16.7 Å². The van der Waals surface area contributed by atoms with Crippen LogP contribution in [0.3, 0.4) is 0 Å². The van der Waals surface area contributed by atoms with Crippen LogP contribution in [0.15, 0.2) is 12.2 Å². The summed E-state index contributed by atoms with van der Waals surface area (Å²) in [6.45, 7) is 11.6. The SMILES string of the molecule is CC(C)C1N(C(=O)N[C@@H]2CCC(=O)N[C@H]2C(C)(C)C)CC12CC=CC2. The molecule has 2 N–H and O–H groups in total. The third kappa shape index (κ3) is 3.30. The van der Waals surface area contributed by atoms with Crippen molar-refractivity contribution in [3.05, 3.63) is 12.2 Å². The molecule has 0 aromatic heterocycles. The standard InChI is InChI=1S/C20H33N3O2/c1-13(2)17-20(10-6-7-11-20)12-23(17)18(25)21-14-8-9-15(24)22-16(14)19(3,4)5/h6-7,13-14,16-17H,8-12H2,1-5H3,(H,21,25)(H,22,24)/t14-,16-,17?/m1/s1. The molecule has 5 heteroatoms. The molecule has 3 rings (SSSR count). The molecular formula is C20H33N3O2. The van der Waals surface area contributed by atoms with Gasteiger partial charge in [0, 0.05) is 24.4 Å².